The van der Waals surface area contributed by atoms with Crippen molar-refractivity contribution < 1.29 is 18.1 Å². The SMILES string of the molecule is COc1c(S(=O)(=O)N2CCNCC2)cc(Br)c(C)c1[N+](=O)[O-].Cl. The fourth-order valence-corrected chi connectivity index (χ4v) is 4.51. The van der Waals surface area contributed by atoms with Gasteiger partial charge in [-0.2, -0.15) is 4.31 Å². The molecule has 0 atom stereocenters. The Morgan fingerprint density at radius 2 is 1.96 bits per heavy atom. The summed E-state index contributed by atoms with van der Waals surface area (Å²) in [6, 6.07) is 1.36. The molecule has 23 heavy (non-hydrogen) atoms. The molecule has 1 aliphatic heterocycles. The smallest absolute Gasteiger partial charge is 0.316 e. The zero-order valence-corrected chi connectivity index (χ0v) is 15.8. The first-order chi connectivity index (χ1) is 10.3. The minimum Gasteiger partial charge on any atom is -0.489 e. The number of nitrogens with one attached hydrogen (secondary N) is 1. The highest BCUT2D eigenvalue weighted by Crippen LogP contribution is 2.41. The molecular formula is C12H17BrClN3O5S. The number of hydrogen-bond donors (Lipinski definition) is 1. The number of methoxy groups -OCH3 is 1. The molecule has 0 unspecified atom stereocenters. The maximum Gasteiger partial charge on any atom is 0.316 e. The first-order valence-electron chi connectivity index (χ1n) is 6.53. The lowest BCUT2D eigenvalue weighted by atomic mass is 10.2. The van der Waals surface area contributed by atoms with E-state index in [2.05, 4.69) is 21.2 Å². The second kappa shape index (κ2) is 7.75. The second-order valence-corrected chi connectivity index (χ2v) is 7.54. The van der Waals surface area contributed by atoms with E-state index in [0.717, 1.165) is 0 Å². The summed E-state index contributed by atoms with van der Waals surface area (Å²) in [6.07, 6.45) is 0. The standard InChI is InChI=1S/C12H16BrN3O5S.ClH/c1-8-9(13)7-10(12(21-2)11(8)16(17)18)22(19,20)15-5-3-14-4-6-15;/h7,14H,3-6H2,1-2H3;1H. The largest absolute Gasteiger partial charge is 0.489 e. The highest BCUT2D eigenvalue weighted by Gasteiger charge is 2.35. The van der Waals surface area contributed by atoms with Gasteiger partial charge in [-0.1, -0.05) is 15.9 Å². The number of sulfonamides is 1. The van der Waals surface area contributed by atoms with Gasteiger partial charge in [0.15, 0.2) is 0 Å². The van der Waals surface area contributed by atoms with Crippen LogP contribution in [0.2, 0.25) is 0 Å². The fraction of sp³-hybridized carbons (Fsp3) is 0.500. The summed E-state index contributed by atoms with van der Waals surface area (Å²) in [5.41, 5.74) is -0.0216. The van der Waals surface area contributed by atoms with Gasteiger partial charge in [0.1, 0.15) is 4.90 Å². The van der Waals surface area contributed by atoms with Crippen LogP contribution in [0.3, 0.4) is 0 Å². The number of nitro benzene ring substituents is 1. The number of halogens is 2. The number of piperazine rings is 1. The zero-order chi connectivity index (χ0) is 16.5. The van der Waals surface area contributed by atoms with Gasteiger partial charge in [-0.05, 0) is 13.0 Å². The van der Waals surface area contributed by atoms with E-state index < -0.39 is 14.9 Å². The third-order valence-corrected chi connectivity index (χ3v) is 6.22. The molecule has 1 heterocycles. The summed E-state index contributed by atoms with van der Waals surface area (Å²) in [5, 5.41) is 14.4. The third kappa shape index (κ3) is 3.77. The number of hydrogen-bond acceptors (Lipinski definition) is 6. The molecule has 1 aromatic rings. The van der Waals surface area contributed by atoms with Crippen LogP contribution in [-0.2, 0) is 10.0 Å². The van der Waals surface area contributed by atoms with Gasteiger partial charge in [0.2, 0.25) is 15.8 Å². The van der Waals surface area contributed by atoms with Gasteiger partial charge < -0.3 is 10.1 Å². The number of benzene rings is 1. The van der Waals surface area contributed by atoms with Gasteiger partial charge in [-0.15, -0.1) is 12.4 Å². The lowest BCUT2D eigenvalue weighted by Gasteiger charge is -2.27. The molecule has 11 heteroatoms. The highest BCUT2D eigenvalue weighted by molar-refractivity contribution is 9.10. The Kier molecular flexibility index (Phi) is 6.78. The lowest BCUT2D eigenvalue weighted by molar-refractivity contribution is -0.386. The predicted octanol–water partition coefficient (Wildman–Crippen LogP) is 1.69. The van der Waals surface area contributed by atoms with Crippen LogP contribution in [0.15, 0.2) is 15.4 Å². The fourth-order valence-electron chi connectivity index (χ4n) is 2.32. The first-order valence-corrected chi connectivity index (χ1v) is 8.76. The third-order valence-electron chi connectivity index (χ3n) is 3.49. The van der Waals surface area contributed by atoms with Crippen molar-refractivity contribution in [2.24, 2.45) is 0 Å². The summed E-state index contributed by atoms with van der Waals surface area (Å²) < 4.78 is 32.3. The molecule has 8 nitrogen and oxygen atoms in total. The maximum absolute atomic E-state index is 12.8. The Morgan fingerprint density at radius 1 is 1.39 bits per heavy atom. The summed E-state index contributed by atoms with van der Waals surface area (Å²) in [6.45, 7) is 3.23. The van der Waals surface area contributed by atoms with Crippen molar-refractivity contribution in [2.45, 2.75) is 11.8 Å². The van der Waals surface area contributed by atoms with Gasteiger partial charge in [0, 0.05) is 36.2 Å². The molecule has 0 aromatic heterocycles. The first kappa shape index (κ1) is 20.1. The molecule has 1 aromatic carbocycles. The average Bonchev–Trinajstić information content (AvgIpc) is 2.49. The molecule has 0 aliphatic carbocycles. The summed E-state index contributed by atoms with van der Waals surface area (Å²) >= 11 is 3.19. The number of rotatable bonds is 4. The number of nitrogens with zero attached hydrogens (tertiary/aromatic N) is 2. The molecule has 2 rings (SSSR count). The molecule has 130 valence electrons. The second-order valence-electron chi connectivity index (χ2n) is 4.77. The van der Waals surface area contributed by atoms with E-state index in [1.807, 2.05) is 0 Å². The maximum atomic E-state index is 12.8. The van der Waals surface area contributed by atoms with Crippen molar-refractivity contribution in [1.82, 2.24) is 9.62 Å². The predicted molar refractivity (Wildman–Crippen MR) is 91.0 cm³/mol. The number of ether oxygens (including phenoxy) is 1. The van der Waals surface area contributed by atoms with Crippen molar-refractivity contribution in [3.8, 4) is 5.75 Å². The number of nitro groups is 1. The van der Waals surface area contributed by atoms with Crippen LogP contribution in [0.25, 0.3) is 0 Å². The molecule has 1 aliphatic rings. The Hall–Kier alpha value is -0.940. The van der Waals surface area contributed by atoms with Crippen LogP contribution >= 0.6 is 28.3 Å². The van der Waals surface area contributed by atoms with Crippen molar-refractivity contribution in [3.63, 3.8) is 0 Å². The van der Waals surface area contributed by atoms with E-state index in [1.54, 1.807) is 0 Å². The van der Waals surface area contributed by atoms with Crippen LogP contribution in [0, 0.1) is 17.0 Å². The minimum atomic E-state index is -3.87. The van der Waals surface area contributed by atoms with Crippen LogP contribution < -0.4 is 10.1 Å². The minimum absolute atomic E-state index is 0. The molecular weight excluding hydrogens is 414 g/mol. The quantitative estimate of drug-likeness (QED) is 0.576. The van der Waals surface area contributed by atoms with E-state index in [-0.39, 0.29) is 28.7 Å². The van der Waals surface area contributed by atoms with Crippen molar-refractivity contribution in [1.29, 1.82) is 0 Å². The zero-order valence-electron chi connectivity index (χ0n) is 12.5. The van der Waals surface area contributed by atoms with Gasteiger partial charge in [-0.3, -0.25) is 10.1 Å². The van der Waals surface area contributed by atoms with E-state index in [0.29, 0.717) is 36.2 Å². The monoisotopic (exact) mass is 429 g/mol. The molecule has 0 saturated carbocycles. The summed E-state index contributed by atoms with van der Waals surface area (Å²) in [5.74, 6) is -0.232. The molecule has 0 amide bonds. The molecule has 0 spiro atoms. The van der Waals surface area contributed by atoms with Crippen LogP contribution in [-0.4, -0.2) is 50.9 Å². The van der Waals surface area contributed by atoms with E-state index >= 15 is 0 Å². The van der Waals surface area contributed by atoms with E-state index in [1.165, 1.54) is 24.4 Å². The van der Waals surface area contributed by atoms with Crippen LogP contribution in [0.1, 0.15) is 5.56 Å². The summed E-state index contributed by atoms with van der Waals surface area (Å²) in [7, 11) is -2.64. The van der Waals surface area contributed by atoms with Gasteiger partial charge in [-0.25, -0.2) is 8.42 Å². The normalized spacial score (nSPS) is 15.8. The lowest BCUT2D eigenvalue weighted by Crippen LogP contribution is -2.46. The van der Waals surface area contributed by atoms with E-state index in [4.69, 9.17) is 4.74 Å². The summed E-state index contributed by atoms with van der Waals surface area (Å²) in [4.78, 5) is 10.5. The van der Waals surface area contributed by atoms with E-state index in [9.17, 15) is 18.5 Å². The van der Waals surface area contributed by atoms with Gasteiger partial charge in [0.25, 0.3) is 0 Å². The average molecular weight is 431 g/mol. The van der Waals surface area contributed by atoms with Gasteiger partial charge in [0.05, 0.1) is 12.0 Å². The Labute approximate surface area is 148 Å². The van der Waals surface area contributed by atoms with Crippen molar-refractivity contribution in [2.75, 3.05) is 33.3 Å². The Bertz CT molecular complexity index is 707. The van der Waals surface area contributed by atoms with Crippen LogP contribution in [0.4, 0.5) is 5.69 Å². The molecule has 1 fully saturated rings. The topological polar surface area (TPSA) is 102 Å². The van der Waals surface area contributed by atoms with Crippen LogP contribution in [0.5, 0.6) is 5.75 Å². The van der Waals surface area contributed by atoms with Crippen molar-refractivity contribution in [3.05, 3.63) is 26.2 Å². The molecule has 0 bridgehead atoms. The highest BCUT2D eigenvalue weighted by atomic mass is 79.9. The van der Waals surface area contributed by atoms with Crippen molar-refractivity contribution >= 4 is 44.0 Å². The van der Waals surface area contributed by atoms with Gasteiger partial charge >= 0.3 is 5.69 Å². The Balaban J connectivity index is 0.00000264. The molecule has 1 N–H and O–H groups in total. The molecule has 1 saturated heterocycles. The molecule has 0 radical (unpaired) electrons. The Morgan fingerprint density at radius 3 is 2.43 bits per heavy atom.